The van der Waals surface area contributed by atoms with Gasteiger partial charge in [-0.1, -0.05) is 41.9 Å². The zero-order valence-corrected chi connectivity index (χ0v) is 17.0. The molecule has 156 valence electrons. The van der Waals surface area contributed by atoms with E-state index in [4.69, 9.17) is 16.3 Å². The number of rotatable bonds is 4. The second-order valence-corrected chi connectivity index (χ2v) is 8.05. The van der Waals surface area contributed by atoms with E-state index in [9.17, 15) is 14.0 Å². The van der Waals surface area contributed by atoms with Crippen molar-refractivity contribution in [1.29, 1.82) is 0 Å². The number of nitrogens with one attached hydrogen (secondary N) is 2. The molecule has 0 bridgehead atoms. The van der Waals surface area contributed by atoms with Crippen molar-refractivity contribution in [3.63, 3.8) is 0 Å². The van der Waals surface area contributed by atoms with Gasteiger partial charge in [0.15, 0.2) is 5.76 Å². The van der Waals surface area contributed by atoms with Crippen LogP contribution in [0.25, 0.3) is 6.08 Å². The molecular weight excluding hydrogens is 407 g/mol. The molecule has 7 heteroatoms. The van der Waals surface area contributed by atoms with Crippen molar-refractivity contribution in [3.8, 4) is 0 Å². The molecule has 1 aliphatic carbocycles. The Bertz CT molecular complexity index is 977. The molecule has 3 unspecified atom stereocenters. The molecule has 2 fully saturated rings. The summed E-state index contributed by atoms with van der Waals surface area (Å²) in [6.07, 6.45) is 3.31. The average molecular weight is 429 g/mol. The van der Waals surface area contributed by atoms with Crippen LogP contribution in [0.2, 0.25) is 5.02 Å². The lowest BCUT2D eigenvalue weighted by atomic mass is 9.82. The van der Waals surface area contributed by atoms with Crippen LogP contribution in [0.15, 0.2) is 54.3 Å². The molecule has 2 N–H and O–H groups in total. The molecule has 2 amide bonds. The number of amides is 2. The Morgan fingerprint density at radius 2 is 1.97 bits per heavy atom. The molecule has 30 heavy (non-hydrogen) atoms. The van der Waals surface area contributed by atoms with Crippen LogP contribution in [-0.2, 0) is 20.9 Å². The van der Waals surface area contributed by atoms with Crippen LogP contribution in [0.5, 0.6) is 0 Å². The number of carbonyl (C=O) groups is 2. The summed E-state index contributed by atoms with van der Waals surface area (Å²) in [5.41, 5.74) is 1.27. The van der Waals surface area contributed by atoms with Crippen molar-refractivity contribution in [3.05, 3.63) is 76.3 Å². The Balaban J connectivity index is 1.35. The maximum Gasteiger partial charge on any atom is 0.286 e. The van der Waals surface area contributed by atoms with Crippen LogP contribution >= 0.6 is 11.6 Å². The number of fused-ring (bicyclic) bond motifs is 1. The third-order valence-electron chi connectivity index (χ3n) is 5.55. The summed E-state index contributed by atoms with van der Waals surface area (Å²) >= 11 is 5.90. The van der Waals surface area contributed by atoms with E-state index in [1.165, 1.54) is 6.07 Å². The van der Waals surface area contributed by atoms with E-state index in [0.29, 0.717) is 29.8 Å². The number of hydrogen-bond acceptors (Lipinski definition) is 3. The first-order valence-corrected chi connectivity index (χ1v) is 10.3. The first kappa shape index (κ1) is 20.4. The highest BCUT2D eigenvalue weighted by Gasteiger charge is 2.40. The Morgan fingerprint density at radius 1 is 1.20 bits per heavy atom. The van der Waals surface area contributed by atoms with E-state index in [0.717, 1.165) is 5.56 Å². The molecule has 1 aliphatic heterocycles. The van der Waals surface area contributed by atoms with E-state index in [-0.39, 0.29) is 48.0 Å². The molecule has 1 saturated heterocycles. The summed E-state index contributed by atoms with van der Waals surface area (Å²) in [5.74, 6) is -0.744. The molecule has 2 aromatic carbocycles. The molecule has 1 saturated carbocycles. The summed E-state index contributed by atoms with van der Waals surface area (Å²) in [5, 5.41) is 6.40. The maximum atomic E-state index is 13.7. The van der Waals surface area contributed by atoms with Gasteiger partial charge in [-0.3, -0.25) is 9.59 Å². The second-order valence-electron chi connectivity index (χ2n) is 7.62. The highest BCUT2D eigenvalue weighted by Crippen LogP contribution is 2.31. The lowest BCUT2D eigenvalue weighted by molar-refractivity contribution is -0.135. The Morgan fingerprint density at radius 3 is 2.73 bits per heavy atom. The van der Waals surface area contributed by atoms with Crippen molar-refractivity contribution in [1.82, 2.24) is 10.6 Å². The first-order valence-electron chi connectivity index (χ1n) is 9.95. The highest BCUT2D eigenvalue weighted by atomic mass is 35.5. The predicted molar refractivity (Wildman–Crippen MR) is 112 cm³/mol. The quantitative estimate of drug-likeness (QED) is 0.727. The van der Waals surface area contributed by atoms with Crippen molar-refractivity contribution in [2.75, 3.05) is 0 Å². The van der Waals surface area contributed by atoms with E-state index in [2.05, 4.69) is 10.6 Å². The molecule has 0 aromatic heterocycles. The van der Waals surface area contributed by atoms with Crippen molar-refractivity contribution >= 4 is 29.5 Å². The summed E-state index contributed by atoms with van der Waals surface area (Å²) < 4.78 is 19.7. The maximum absolute atomic E-state index is 13.7. The molecule has 5 nitrogen and oxygen atoms in total. The van der Waals surface area contributed by atoms with Crippen LogP contribution in [0.3, 0.4) is 0 Å². The first-order chi connectivity index (χ1) is 14.5. The summed E-state index contributed by atoms with van der Waals surface area (Å²) in [4.78, 5) is 25.0. The smallest absolute Gasteiger partial charge is 0.286 e. The van der Waals surface area contributed by atoms with Gasteiger partial charge in [-0.05, 0) is 49.1 Å². The van der Waals surface area contributed by atoms with Gasteiger partial charge < -0.3 is 15.4 Å². The fourth-order valence-corrected chi connectivity index (χ4v) is 4.03. The fourth-order valence-electron chi connectivity index (χ4n) is 3.91. The van der Waals surface area contributed by atoms with Crippen LogP contribution in [0.4, 0.5) is 4.39 Å². The van der Waals surface area contributed by atoms with Gasteiger partial charge in [-0.25, -0.2) is 4.39 Å². The van der Waals surface area contributed by atoms with Crippen molar-refractivity contribution in [2.45, 2.75) is 38.0 Å². The van der Waals surface area contributed by atoms with Gasteiger partial charge in [0.25, 0.3) is 5.91 Å². The lowest BCUT2D eigenvalue weighted by Gasteiger charge is -2.39. The number of morpholine rings is 1. The Labute approximate surface area is 179 Å². The van der Waals surface area contributed by atoms with Crippen molar-refractivity contribution in [2.24, 2.45) is 5.92 Å². The number of hydrogen-bond donors (Lipinski definition) is 2. The fraction of sp³-hybridized carbons (Fsp3) is 0.304. The molecular formula is C23H22ClFN2O3. The molecule has 4 rings (SSSR count). The topological polar surface area (TPSA) is 67.4 Å². The standard InChI is InChI=1S/C23H22ClFN2O3/c24-17-8-5-14(6-9-17)11-21-23(29)27-19-12-15(7-10-20(19)30-21)22(28)26-13-16-3-1-2-4-18(16)25/h1-6,8-9,11,15,19-20H,7,10,12-13H2,(H,26,28)(H,27,29)/b21-11-. The third kappa shape index (κ3) is 4.65. The number of benzene rings is 2. The van der Waals surface area contributed by atoms with E-state index < -0.39 is 0 Å². The van der Waals surface area contributed by atoms with Crippen LogP contribution in [-0.4, -0.2) is 24.0 Å². The summed E-state index contributed by atoms with van der Waals surface area (Å²) in [7, 11) is 0. The van der Waals surface area contributed by atoms with Gasteiger partial charge in [0, 0.05) is 23.0 Å². The third-order valence-corrected chi connectivity index (χ3v) is 5.81. The van der Waals surface area contributed by atoms with Gasteiger partial charge in [0.2, 0.25) is 5.91 Å². The number of carbonyl (C=O) groups excluding carboxylic acids is 2. The predicted octanol–water partition coefficient (Wildman–Crippen LogP) is 3.82. The number of halogens is 2. The Kier molecular flexibility index (Phi) is 6.04. The minimum absolute atomic E-state index is 0.131. The van der Waals surface area contributed by atoms with Gasteiger partial charge in [0.1, 0.15) is 11.9 Å². The van der Waals surface area contributed by atoms with Crippen LogP contribution in [0, 0.1) is 11.7 Å². The van der Waals surface area contributed by atoms with Crippen LogP contribution < -0.4 is 10.6 Å². The van der Waals surface area contributed by atoms with Gasteiger partial charge in [-0.2, -0.15) is 0 Å². The van der Waals surface area contributed by atoms with Gasteiger partial charge >= 0.3 is 0 Å². The highest BCUT2D eigenvalue weighted by molar-refractivity contribution is 6.30. The normalized spacial score (nSPS) is 24.5. The monoisotopic (exact) mass is 428 g/mol. The van der Waals surface area contributed by atoms with E-state index >= 15 is 0 Å². The molecule has 0 spiro atoms. The average Bonchev–Trinajstić information content (AvgIpc) is 2.74. The lowest BCUT2D eigenvalue weighted by Crippen LogP contribution is -2.54. The van der Waals surface area contributed by atoms with Gasteiger partial charge in [0.05, 0.1) is 6.04 Å². The van der Waals surface area contributed by atoms with Crippen LogP contribution in [0.1, 0.15) is 30.4 Å². The van der Waals surface area contributed by atoms with E-state index in [1.807, 2.05) is 12.1 Å². The molecule has 1 heterocycles. The Hall–Kier alpha value is -2.86. The summed E-state index contributed by atoms with van der Waals surface area (Å²) in [6, 6.07) is 13.3. The largest absolute Gasteiger partial charge is 0.483 e. The second kappa shape index (κ2) is 8.88. The number of ether oxygens (including phenoxy) is 1. The molecule has 3 atom stereocenters. The molecule has 2 aliphatic rings. The minimum atomic E-state index is -0.338. The molecule has 2 aromatic rings. The molecule has 0 radical (unpaired) electrons. The minimum Gasteiger partial charge on any atom is -0.483 e. The zero-order valence-electron chi connectivity index (χ0n) is 16.2. The van der Waals surface area contributed by atoms with E-state index in [1.54, 1.807) is 36.4 Å². The zero-order chi connectivity index (χ0) is 21.1. The van der Waals surface area contributed by atoms with Gasteiger partial charge in [-0.15, -0.1) is 0 Å². The SMILES string of the molecule is O=C1NC2CC(C(=O)NCc3ccccc3F)CCC2O/C1=C\c1ccc(Cl)cc1. The van der Waals surface area contributed by atoms with Crippen molar-refractivity contribution < 1.29 is 18.7 Å². The summed E-state index contributed by atoms with van der Waals surface area (Å²) in [6.45, 7) is 0.146.